The number of hydrogen-bond donors (Lipinski definition) is 3. The number of rotatable bonds is 3. The molecule has 20 heavy (non-hydrogen) atoms. The minimum Gasteiger partial charge on any atom is -0.399 e. The van der Waals surface area contributed by atoms with E-state index >= 15 is 0 Å². The number of nitrogens with zero attached hydrogens (tertiary/aromatic N) is 1. The van der Waals surface area contributed by atoms with Crippen LogP contribution in [0.25, 0.3) is 0 Å². The highest BCUT2D eigenvalue weighted by molar-refractivity contribution is 6.38. The zero-order chi connectivity index (χ0) is 15.7. The van der Waals surface area contributed by atoms with E-state index in [1.54, 1.807) is 0 Å². The molecule has 4 nitrogen and oxygen atoms in total. The second-order valence-corrected chi connectivity index (χ2v) is 4.75. The number of hydrazine groups is 1. The lowest BCUT2D eigenvalue weighted by atomic mass is 10.2. The Balaban J connectivity index is 3.32. The number of aliphatic hydroxyl groups is 1. The standard InChI is InChI=1S/C11H12Cl2F3N3O/c1-5(20)7(17)4-19(18)8-3-2-6(12)9(10(8)13)11(14,15)16/h2-5,20H,17-18H2,1H3/b7-4-. The Morgan fingerprint density at radius 3 is 2.40 bits per heavy atom. The number of alkyl halides is 3. The van der Waals surface area contributed by atoms with Crippen molar-refractivity contribution in [1.29, 1.82) is 0 Å². The maximum Gasteiger partial charge on any atom is 0.419 e. The van der Waals surface area contributed by atoms with Crippen LogP contribution < -0.4 is 16.6 Å². The monoisotopic (exact) mass is 329 g/mol. The molecule has 112 valence electrons. The fourth-order valence-electron chi connectivity index (χ4n) is 1.34. The van der Waals surface area contributed by atoms with Crippen LogP contribution in [0.4, 0.5) is 18.9 Å². The van der Waals surface area contributed by atoms with Gasteiger partial charge in [-0.05, 0) is 19.1 Å². The lowest BCUT2D eigenvalue weighted by molar-refractivity contribution is -0.137. The molecule has 0 aliphatic carbocycles. The number of benzene rings is 1. The Kier molecular flexibility index (Phi) is 5.15. The summed E-state index contributed by atoms with van der Waals surface area (Å²) in [4.78, 5) is 0. The first kappa shape index (κ1) is 16.9. The molecule has 0 amide bonds. The van der Waals surface area contributed by atoms with Gasteiger partial charge in [0.15, 0.2) is 0 Å². The van der Waals surface area contributed by atoms with E-state index in [1.165, 1.54) is 13.0 Å². The van der Waals surface area contributed by atoms with Gasteiger partial charge in [-0.25, -0.2) is 5.84 Å². The SMILES string of the molecule is CC(O)/C(N)=C/N(N)c1ccc(Cl)c(C(F)(F)F)c1Cl. The summed E-state index contributed by atoms with van der Waals surface area (Å²) >= 11 is 11.2. The van der Waals surface area contributed by atoms with Crippen molar-refractivity contribution in [2.45, 2.75) is 19.2 Å². The van der Waals surface area contributed by atoms with Gasteiger partial charge < -0.3 is 10.8 Å². The van der Waals surface area contributed by atoms with E-state index in [2.05, 4.69) is 0 Å². The molecule has 0 aliphatic rings. The Labute approximate surface area is 123 Å². The van der Waals surface area contributed by atoms with E-state index in [-0.39, 0.29) is 11.4 Å². The third-order valence-corrected chi connectivity index (χ3v) is 3.10. The molecular formula is C11H12Cl2F3N3O. The minimum atomic E-state index is -4.72. The molecule has 0 heterocycles. The summed E-state index contributed by atoms with van der Waals surface area (Å²) in [5.41, 5.74) is 4.09. The molecule has 0 fully saturated rings. The maximum absolute atomic E-state index is 12.8. The van der Waals surface area contributed by atoms with Crippen LogP contribution in [0.1, 0.15) is 12.5 Å². The van der Waals surface area contributed by atoms with Gasteiger partial charge in [0.25, 0.3) is 0 Å². The number of aliphatic hydroxyl groups excluding tert-OH is 1. The molecule has 0 spiro atoms. The van der Waals surface area contributed by atoms with Gasteiger partial charge in [0.2, 0.25) is 0 Å². The van der Waals surface area contributed by atoms with Gasteiger partial charge in [-0.3, -0.25) is 5.01 Å². The van der Waals surface area contributed by atoms with E-state index < -0.39 is 27.9 Å². The molecule has 0 saturated heterocycles. The number of nitrogens with two attached hydrogens (primary N) is 2. The largest absolute Gasteiger partial charge is 0.419 e. The zero-order valence-electron chi connectivity index (χ0n) is 10.2. The van der Waals surface area contributed by atoms with Gasteiger partial charge in [0.05, 0.1) is 33.1 Å². The third-order valence-electron chi connectivity index (χ3n) is 2.40. The van der Waals surface area contributed by atoms with Crippen LogP contribution >= 0.6 is 23.2 Å². The van der Waals surface area contributed by atoms with Crippen molar-refractivity contribution < 1.29 is 18.3 Å². The van der Waals surface area contributed by atoms with Gasteiger partial charge in [-0.1, -0.05) is 23.2 Å². The lowest BCUT2D eigenvalue weighted by Crippen LogP contribution is -2.29. The fourth-order valence-corrected chi connectivity index (χ4v) is 2.02. The van der Waals surface area contributed by atoms with Crippen molar-refractivity contribution in [1.82, 2.24) is 0 Å². The molecule has 1 aromatic rings. The summed E-state index contributed by atoms with van der Waals surface area (Å²) in [5, 5.41) is 8.81. The van der Waals surface area contributed by atoms with Gasteiger partial charge >= 0.3 is 6.18 Å². The predicted octanol–water partition coefficient (Wildman–Crippen LogP) is 2.87. The van der Waals surface area contributed by atoms with Gasteiger partial charge in [0, 0.05) is 6.20 Å². The molecule has 1 unspecified atom stereocenters. The van der Waals surface area contributed by atoms with E-state index in [1.807, 2.05) is 0 Å². The molecule has 1 rings (SSSR count). The van der Waals surface area contributed by atoms with Crippen LogP contribution in [0.3, 0.4) is 0 Å². The summed E-state index contributed by atoms with van der Waals surface area (Å²) in [6.45, 7) is 1.38. The van der Waals surface area contributed by atoms with Crippen molar-refractivity contribution in [3.63, 3.8) is 0 Å². The maximum atomic E-state index is 12.8. The second kappa shape index (κ2) is 6.09. The Morgan fingerprint density at radius 1 is 1.40 bits per heavy atom. The number of halogens is 5. The van der Waals surface area contributed by atoms with Crippen LogP contribution in [-0.2, 0) is 6.18 Å². The number of hydrogen-bond acceptors (Lipinski definition) is 4. The summed E-state index contributed by atoms with van der Waals surface area (Å²) in [6, 6.07) is 2.24. The average molecular weight is 330 g/mol. The predicted molar refractivity (Wildman–Crippen MR) is 72.1 cm³/mol. The summed E-state index contributed by atoms with van der Waals surface area (Å²) in [5.74, 6) is 5.57. The Hall–Kier alpha value is -1.15. The van der Waals surface area contributed by atoms with E-state index in [0.29, 0.717) is 0 Å². The zero-order valence-corrected chi connectivity index (χ0v) is 11.8. The smallest absolute Gasteiger partial charge is 0.399 e. The molecule has 0 aromatic heterocycles. The molecule has 1 aromatic carbocycles. The van der Waals surface area contributed by atoms with Crippen molar-refractivity contribution in [2.24, 2.45) is 11.6 Å². The van der Waals surface area contributed by atoms with Crippen LogP contribution in [0.15, 0.2) is 24.0 Å². The highest BCUT2D eigenvalue weighted by atomic mass is 35.5. The quantitative estimate of drug-likeness (QED) is 0.588. The van der Waals surface area contributed by atoms with Gasteiger partial charge in [-0.15, -0.1) is 0 Å². The third kappa shape index (κ3) is 3.69. The molecule has 0 aliphatic heterocycles. The molecule has 9 heteroatoms. The average Bonchev–Trinajstić information content (AvgIpc) is 2.26. The first-order valence-electron chi connectivity index (χ1n) is 5.30. The van der Waals surface area contributed by atoms with Gasteiger partial charge in [-0.2, -0.15) is 13.2 Å². The Morgan fingerprint density at radius 2 is 1.95 bits per heavy atom. The molecule has 0 radical (unpaired) electrons. The Bertz CT molecular complexity index is 532. The normalized spacial score (nSPS) is 14.3. The summed E-state index contributed by atoms with van der Waals surface area (Å²) < 4.78 is 38.5. The van der Waals surface area contributed by atoms with Crippen LogP contribution in [0, 0.1) is 0 Å². The van der Waals surface area contributed by atoms with E-state index in [0.717, 1.165) is 17.3 Å². The van der Waals surface area contributed by atoms with Crippen molar-refractivity contribution in [3.8, 4) is 0 Å². The van der Waals surface area contributed by atoms with Crippen molar-refractivity contribution in [3.05, 3.63) is 39.6 Å². The number of anilines is 1. The topological polar surface area (TPSA) is 75.5 Å². The molecule has 1 atom stereocenters. The molecule has 5 N–H and O–H groups in total. The van der Waals surface area contributed by atoms with Crippen LogP contribution in [0.2, 0.25) is 10.0 Å². The van der Waals surface area contributed by atoms with E-state index in [4.69, 9.17) is 34.8 Å². The van der Waals surface area contributed by atoms with Gasteiger partial charge in [0.1, 0.15) is 0 Å². The molecule has 0 saturated carbocycles. The minimum absolute atomic E-state index is 0.0351. The lowest BCUT2D eigenvalue weighted by Gasteiger charge is -2.20. The molecular weight excluding hydrogens is 318 g/mol. The first-order valence-corrected chi connectivity index (χ1v) is 6.05. The van der Waals surface area contributed by atoms with Crippen molar-refractivity contribution in [2.75, 3.05) is 5.01 Å². The first-order chi connectivity index (χ1) is 9.05. The highest BCUT2D eigenvalue weighted by Gasteiger charge is 2.37. The van der Waals surface area contributed by atoms with Crippen LogP contribution in [0.5, 0.6) is 0 Å². The van der Waals surface area contributed by atoms with Crippen LogP contribution in [-0.4, -0.2) is 11.2 Å². The second-order valence-electron chi connectivity index (χ2n) is 3.97. The van der Waals surface area contributed by atoms with Crippen molar-refractivity contribution >= 4 is 28.9 Å². The van der Waals surface area contributed by atoms with E-state index in [9.17, 15) is 18.3 Å². The summed E-state index contributed by atoms with van der Waals surface area (Å²) in [6.07, 6.45) is -4.65. The highest BCUT2D eigenvalue weighted by Crippen LogP contribution is 2.43. The molecule has 0 bridgehead atoms. The summed E-state index contributed by atoms with van der Waals surface area (Å²) in [7, 11) is 0. The fraction of sp³-hybridized carbons (Fsp3) is 0.273.